The lowest BCUT2D eigenvalue weighted by molar-refractivity contribution is -0.141. The van der Waals surface area contributed by atoms with Gasteiger partial charge >= 0.3 is 23.9 Å². The van der Waals surface area contributed by atoms with Crippen molar-refractivity contribution in [3.8, 4) is 0 Å². The number of nitrogens with zero attached hydrogens (tertiary/aromatic N) is 2. The number of hydrogen-bond donors (Lipinski definition) is 5. The SMILES string of the molecule is O=C(O)CN(CC(=O)O)C1=CC(=O)C(=C2C(=O)C(c3ccc(N(CC(=O)O)CC(=O)O)cc3)=C2O)C=C1. The summed E-state index contributed by atoms with van der Waals surface area (Å²) in [5.74, 6) is -6.97. The van der Waals surface area contributed by atoms with E-state index in [1.54, 1.807) is 0 Å². The number of carboxylic acid groups (broad SMARTS) is 4. The molecule has 0 radical (unpaired) electrons. The zero-order valence-electron chi connectivity index (χ0n) is 18.9. The molecule has 0 aliphatic heterocycles. The van der Waals surface area contributed by atoms with Crippen molar-refractivity contribution < 1.29 is 54.3 Å². The van der Waals surface area contributed by atoms with E-state index in [0.29, 0.717) is 0 Å². The highest BCUT2D eigenvalue weighted by atomic mass is 16.4. The number of hydrogen-bond acceptors (Lipinski definition) is 9. The third-order valence-electron chi connectivity index (χ3n) is 5.35. The van der Waals surface area contributed by atoms with Gasteiger partial charge in [-0.05, 0) is 29.8 Å². The lowest BCUT2D eigenvalue weighted by Crippen LogP contribution is -2.34. The van der Waals surface area contributed by atoms with Crippen LogP contribution in [0.5, 0.6) is 0 Å². The summed E-state index contributed by atoms with van der Waals surface area (Å²) in [5.41, 5.74) is -0.0136. The van der Waals surface area contributed by atoms with E-state index in [-0.39, 0.29) is 33.7 Å². The molecule has 0 saturated heterocycles. The molecule has 0 amide bonds. The van der Waals surface area contributed by atoms with Crippen molar-refractivity contribution in [2.24, 2.45) is 0 Å². The van der Waals surface area contributed by atoms with Gasteiger partial charge in [-0.2, -0.15) is 0 Å². The maximum atomic E-state index is 12.8. The van der Waals surface area contributed by atoms with Gasteiger partial charge in [0.05, 0.1) is 11.1 Å². The zero-order valence-corrected chi connectivity index (χ0v) is 18.9. The summed E-state index contributed by atoms with van der Waals surface area (Å²) in [6.45, 7) is -2.51. The molecule has 1 aromatic rings. The van der Waals surface area contributed by atoms with Crippen LogP contribution in [0.1, 0.15) is 5.56 Å². The van der Waals surface area contributed by atoms with Crippen molar-refractivity contribution in [1.82, 2.24) is 4.90 Å². The molecule has 0 bridgehead atoms. The van der Waals surface area contributed by atoms with E-state index >= 15 is 0 Å². The summed E-state index contributed by atoms with van der Waals surface area (Å²) in [6, 6.07) is 5.56. The number of benzene rings is 1. The Morgan fingerprint density at radius 1 is 0.676 bits per heavy atom. The Labute approximate surface area is 208 Å². The Hall–Kier alpha value is -5.20. The predicted molar refractivity (Wildman–Crippen MR) is 125 cm³/mol. The van der Waals surface area contributed by atoms with Gasteiger partial charge in [-0.1, -0.05) is 12.1 Å². The van der Waals surface area contributed by atoms with Crippen LogP contribution < -0.4 is 4.90 Å². The zero-order chi connectivity index (χ0) is 27.4. The Morgan fingerprint density at radius 2 is 1.16 bits per heavy atom. The number of ketones is 2. The van der Waals surface area contributed by atoms with E-state index in [1.165, 1.54) is 36.4 Å². The minimum absolute atomic E-state index is 0.0116. The Kier molecular flexibility index (Phi) is 7.56. The number of Topliss-reactive ketones (excluding diaryl/α,β-unsaturated/α-hetero) is 1. The molecule has 0 atom stereocenters. The van der Waals surface area contributed by atoms with Crippen molar-refractivity contribution in [2.75, 3.05) is 31.1 Å². The summed E-state index contributed by atoms with van der Waals surface area (Å²) >= 11 is 0. The maximum absolute atomic E-state index is 12.8. The summed E-state index contributed by atoms with van der Waals surface area (Å²) in [5, 5.41) is 46.5. The fourth-order valence-corrected chi connectivity index (χ4v) is 3.80. The molecule has 0 aromatic heterocycles. The van der Waals surface area contributed by atoms with E-state index < -0.39 is 67.4 Å². The Morgan fingerprint density at radius 3 is 1.59 bits per heavy atom. The second-order valence-electron chi connectivity index (χ2n) is 7.94. The molecule has 2 aliphatic carbocycles. The van der Waals surface area contributed by atoms with Crippen LogP contribution in [0.3, 0.4) is 0 Å². The summed E-state index contributed by atoms with van der Waals surface area (Å²) < 4.78 is 0. The number of aliphatic hydroxyl groups excluding tert-OH is 1. The molecule has 0 unspecified atom stereocenters. The van der Waals surface area contributed by atoms with Crippen LogP contribution in [0.2, 0.25) is 0 Å². The monoisotopic (exact) mass is 512 g/mol. The predicted octanol–water partition coefficient (Wildman–Crippen LogP) is 0.305. The third-order valence-corrected chi connectivity index (χ3v) is 5.35. The van der Waals surface area contributed by atoms with E-state index in [1.807, 2.05) is 0 Å². The largest absolute Gasteiger partial charge is 0.506 e. The molecule has 13 heteroatoms. The summed E-state index contributed by atoms with van der Waals surface area (Å²) in [6.07, 6.45) is 3.43. The van der Waals surface area contributed by atoms with Gasteiger partial charge in [-0.3, -0.25) is 28.8 Å². The first-order valence-electron chi connectivity index (χ1n) is 10.5. The smallest absolute Gasteiger partial charge is 0.323 e. The molecule has 192 valence electrons. The van der Waals surface area contributed by atoms with Crippen molar-refractivity contribution in [3.63, 3.8) is 0 Å². The van der Waals surface area contributed by atoms with Gasteiger partial charge in [0.1, 0.15) is 31.9 Å². The number of carbonyl (C=O) groups excluding carboxylic acids is 2. The van der Waals surface area contributed by atoms with Crippen LogP contribution in [-0.4, -0.2) is 92.1 Å². The van der Waals surface area contributed by atoms with Gasteiger partial charge in [0, 0.05) is 23.0 Å². The molecular formula is C24H20N2O11. The third kappa shape index (κ3) is 5.90. The number of rotatable bonds is 11. The molecule has 5 N–H and O–H groups in total. The molecule has 3 rings (SSSR count). The number of anilines is 1. The van der Waals surface area contributed by atoms with E-state index in [0.717, 1.165) is 15.9 Å². The normalized spacial score (nSPS) is 16.7. The fraction of sp³-hybridized carbons (Fsp3) is 0.167. The number of carbonyl (C=O) groups is 6. The van der Waals surface area contributed by atoms with Crippen molar-refractivity contribution >= 4 is 46.7 Å². The van der Waals surface area contributed by atoms with Crippen LogP contribution in [0.15, 0.2) is 65.1 Å². The average Bonchev–Trinajstić information content (AvgIpc) is 2.79. The summed E-state index contributed by atoms with van der Waals surface area (Å²) in [4.78, 5) is 71.6. The quantitative estimate of drug-likeness (QED) is 0.253. The van der Waals surface area contributed by atoms with Crippen molar-refractivity contribution in [1.29, 1.82) is 0 Å². The highest BCUT2D eigenvalue weighted by Crippen LogP contribution is 2.39. The van der Waals surface area contributed by atoms with E-state index in [9.17, 15) is 33.9 Å². The first-order chi connectivity index (χ1) is 17.4. The number of carboxylic acids is 4. The van der Waals surface area contributed by atoms with Gasteiger partial charge in [-0.15, -0.1) is 0 Å². The molecule has 0 heterocycles. The lowest BCUT2D eigenvalue weighted by Gasteiger charge is -2.27. The molecular weight excluding hydrogens is 492 g/mol. The fourth-order valence-electron chi connectivity index (χ4n) is 3.80. The van der Waals surface area contributed by atoms with Gasteiger partial charge in [0.2, 0.25) is 5.78 Å². The second-order valence-corrected chi connectivity index (χ2v) is 7.94. The molecule has 2 aliphatic rings. The average molecular weight is 512 g/mol. The van der Waals surface area contributed by atoms with Gasteiger partial charge in [0.15, 0.2) is 5.78 Å². The highest BCUT2D eigenvalue weighted by Gasteiger charge is 2.38. The number of aliphatic hydroxyl groups is 1. The standard InChI is InChI=1S/C24H20N2O11/c27-16-7-14(26(10-19(32)33)11-20(34)35)5-6-15(16)22-23(36)21(24(22)37)12-1-3-13(4-2-12)25(8-17(28)29)9-18(30)31/h1-7,36H,8-11H2,(H,28,29)(H,30,31)(H,32,33)(H,34,35). The van der Waals surface area contributed by atoms with Gasteiger partial charge in [0.25, 0.3) is 0 Å². The first kappa shape index (κ1) is 26.4. The maximum Gasteiger partial charge on any atom is 0.323 e. The highest BCUT2D eigenvalue weighted by molar-refractivity contribution is 6.41. The van der Waals surface area contributed by atoms with Crippen LogP contribution in [0, 0.1) is 0 Å². The minimum atomic E-state index is -1.31. The summed E-state index contributed by atoms with van der Waals surface area (Å²) in [7, 11) is 0. The van der Waals surface area contributed by atoms with Crippen molar-refractivity contribution in [3.05, 3.63) is 70.7 Å². The van der Waals surface area contributed by atoms with E-state index in [2.05, 4.69) is 0 Å². The number of aliphatic carboxylic acids is 4. The van der Waals surface area contributed by atoms with Gasteiger partial charge < -0.3 is 35.3 Å². The van der Waals surface area contributed by atoms with Crippen LogP contribution >= 0.6 is 0 Å². The molecule has 1 aromatic carbocycles. The van der Waals surface area contributed by atoms with Gasteiger partial charge in [-0.25, -0.2) is 0 Å². The number of allylic oxidation sites excluding steroid dienone is 6. The molecule has 0 spiro atoms. The van der Waals surface area contributed by atoms with Crippen molar-refractivity contribution in [2.45, 2.75) is 0 Å². The molecule has 0 saturated carbocycles. The minimum Gasteiger partial charge on any atom is -0.506 e. The Balaban J connectivity index is 1.87. The molecule has 13 nitrogen and oxygen atoms in total. The van der Waals surface area contributed by atoms with Crippen LogP contribution in [0.4, 0.5) is 5.69 Å². The molecule has 37 heavy (non-hydrogen) atoms. The molecule has 0 fully saturated rings. The lowest BCUT2D eigenvalue weighted by atomic mass is 9.79. The Bertz CT molecular complexity index is 1300. The van der Waals surface area contributed by atoms with Crippen LogP contribution in [0.25, 0.3) is 5.57 Å². The second kappa shape index (κ2) is 10.6. The van der Waals surface area contributed by atoms with E-state index in [4.69, 9.17) is 20.4 Å². The first-order valence-corrected chi connectivity index (χ1v) is 10.5. The van der Waals surface area contributed by atoms with Crippen LogP contribution in [-0.2, 0) is 28.8 Å². The topological polar surface area (TPSA) is 210 Å².